The van der Waals surface area contributed by atoms with Crippen molar-refractivity contribution >= 4 is 23.6 Å². The number of thiophene rings is 1. The molecule has 1 N–H and O–H groups in total. The van der Waals surface area contributed by atoms with E-state index in [1.807, 2.05) is 6.92 Å². The van der Waals surface area contributed by atoms with E-state index >= 15 is 0 Å². The monoisotopic (exact) mass is 264 g/mol. The number of nitrogens with zero attached hydrogens (tertiary/aromatic N) is 1. The van der Waals surface area contributed by atoms with Crippen molar-refractivity contribution in [3.63, 3.8) is 0 Å². The van der Waals surface area contributed by atoms with Crippen LogP contribution >= 0.6 is 23.6 Å². The van der Waals surface area contributed by atoms with Gasteiger partial charge in [0.1, 0.15) is 10.5 Å². The molecule has 0 spiro atoms. The molecule has 4 heteroatoms. The third-order valence-electron chi connectivity index (χ3n) is 2.78. The molecule has 0 aliphatic rings. The number of aryl methyl sites for hydroxylation is 2. The van der Waals surface area contributed by atoms with Crippen LogP contribution in [-0.2, 0) is 6.42 Å². The Morgan fingerprint density at radius 3 is 2.76 bits per heavy atom. The second-order valence-corrected chi connectivity index (χ2v) is 5.47. The first-order valence-electron chi connectivity index (χ1n) is 5.77. The van der Waals surface area contributed by atoms with Crippen molar-refractivity contribution in [1.82, 2.24) is 9.97 Å². The number of aromatic nitrogens is 2. The molecule has 17 heavy (non-hydrogen) atoms. The normalized spacial score (nSPS) is 10.8. The van der Waals surface area contributed by atoms with E-state index in [0.29, 0.717) is 0 Å². The van der Waals surface area contributed by atoms with Crippen molar-refractivity contribution in [1.29, 1.82) is 0 Å². The summed E-state index contributed by atoms with van der Waals surface area (Å²) < 4.78 is 0.718. The van der Waals surface area contributed by atoms with Gasteiger partial charge >= 0.3 is 0 Å². The molecule has 2 aromatic heterocycles. The van der Waals surface area contributed by atoms with Crippen molar-refractivity contribution < 1.29 is 0 Å². The fourth-order valence-electron chi connectivity index (χ4n) is 1.79. The second kappa shape index (κ2) is 5.10. The van der Waals surface area contributed by atoms with E-state index in [9.17, 15) is 0 Å². The Labute approximate surface area is 111 Å². The van der Waals surface area contributed by atoms with Crippen LogP contribution in [0.3, 0.4) is 0 Å². The van der Waals surface area contributed by atoms with Crippen LogP contribution in [-0.4, -0.2) is 9.97 Å². The highest BCUT2D eigenvalue weighted by Crippen LogP contribution is 2.30. The zero-order valence-corrected chi connectivity index (χ0v) is 12.0. The summed E-state index contributed by atoms with van der Waals surface area (Å²) in [4.78, 5) is 9.13. The zero-order valence-electron chi connectivity index (χ0n) is 10.3. The smallest absolute Gasteiger partial charge is 0.133 e. The average molecular weight is 264 g/mol. The lowest BCUT2D eigenvalue weighted by Gasteiger charge is -2.08. The lowest BCUT2D eigenvalue weighted by atomic mass is 10.1. The van der Waals surface area contributed by atoms with E-state index in [1.54, 1.807) is 11.3 Å². The summed E-state index contributed by atoms with van der Waals surface area (Å²) in [6.45, 7) is 6.31. The predicted molar refractivity (Wildman–Crippen MR) is 76.2 cm³/mol. The molecule has 0 aromatic carbocycles. The third kappa shape index (κ3) is 2.48. The van der Waals surface area contributed by atoms with Gasteiger partial charge in [-0.15, -0.1) is 11.3 Å². The molecule has 0 bridgehead atoms. The Bertz CT molecular complexity index is 581. The lowest BCUT2D eigenvalue weighted by molar-refractivity contribution is 0.829. The molecule has 0 aliphatic carbocycles. The van der Waals surface area contributed by atoms with E-state index < -0.39 is 0 Å². The highest BCUT2D eigenvalue weighted by Gasteiger charge is 2.10. The van der Waals surface area contributed by atoms with Crippen LogP contribution in [0, 0.1) is 18.5 Å². The Balaban J connectivity index is 2.61. The summed E-state index contributed by atoms with van der Waals surface area (Å²) in [6.07, 6.45) is 2.02. The minimum atomic E-state index is 0.718. The van der Waals surface area contributed by atoms with Crippen molar-refractivity contribution in [3.05, 3.63) is 33.0 Å². The maximum Gasteiger partial charge on any atom is 0.133 e. The predicted octanol–water partition coefficient (Wildman–Crippen LogP) is 4.44. The summed E-state index contributed by atoms with van der Waals surface area (Å²) >= 11 is 7.08. The van der Waals surface area contributed by atoms with Gasteiger partial charge in [-0.05, 0) is 37.3 Å². The average Bonchev–Trinajstić information content (AvgIpc) is 2.70. The summed E-state index contributed by atoms with van der Waals surface area (Å²) in [5.74, 6) is 0.992. The first-order valence-corrected chi connectivity index (χ1v) is 7.06. The highest BCUT2D eigenvalue weighted by molar-refractivity contribution is 7.71. The Morgan fingerprint density at radius 2 is 2.18 bits per heavy atom. The van der Waals surface area contributed by atoms with Gasteiger partial charge in [-0.1, -0.05) is 19.1 Å². The van der Waals surface area contributed by atoms with Crippen LogP contribution in [0.2, 0.25) is 0 Å². The minimum Gasteiger partial charge on any atom is -0.342 e. The number of hydrogen-bond acceptors (Lipinski definition) is 3. The molecular formula is C13H16N2S2. The fourth-order valence-corrected chi connectivity index (χ4v) is 2.99. The Hall–Kier alpha value is -1.00. The molecule has 2 rings (SSSR count). The van der Waals surface area contributed by atoms with E-state index in [1.165, 1.54) is 10.4 Å². The molecule has 0 saturated heterocycles. The Kier molecular flexibility index (Phi) is 3.74. The van der Waals surface area contributed by atoms with E-state index in [0.717, 1.165) is 34.6 Å². The first kappa shape index (κ1) is 12.5. The van der Waals surface area contributed by atoms with Crippen LogP contribution in [0.4, 0.5) is 0 Å². The maximum absolute atomic E-state index is 5.33. The van der Waals surface area contributed by atoms with Crippen LogP contribution in [0.1, 0.15) is 30.3 Å². The van der Waals surface area contributed by atoms with Crippen molar-refractivity contribution in [2.75, 3.05) is 0 Å². The molecule has 0 unspecified atom stereocenters. The molecule has 90 valence electrons. The molecule has 2 heterocycles. The molecule has 0 aliphatic heterocycles. The maximum atomic E-state index is 5.33. The third-order valence-corrected chi connectivity index (χ3v) is 4.21. The van der Waals surface area contributed by atoms with Crippen LogP contribution < -0.4 is 0 Å². The fraction of sp³-hybridized carbons (Fsp3) is 0.385. The number of H-pyrrole nitrogens is 1. The Morgan fingerprint density at radius 1 is 1.41 bits per heavy atom. The van der Waals surface area contributed by atoms with Gasteiger partial charge in [0.25, 0.3) is 0 Å². The molecule has 2 nitrogen and oxygen atoms in total. The molecule has 0 amide bonds. The summed E-state index contributed by atoms with van der Waals surface area (Å²) in [5.41, 5.74) is 3.50. The van der Waals surface area contributed by atoms with Crippen molar-refractivity contribution in [2.24, 2.45) is 0 Å². The van der Waals surface area contributed by atoms with Crippen LogP contribution in [0.25, 0.3) is 10.6 Å². The van der Waals surface area contributed by atoms with Gasteiger partial charge in [-0.3, -0.25) is 0 Å². The lowest BCUT2D eigenvalue weighted by Crippen LogP contribution is -2.00. The minimum absolute atomic E-state index is 0.718. The quantitative estimate of drug-likeness (QED) is 0.830. The van der Waals surface area contributed by atoms with Crippen LogP contribution in [0.5, 0.6) is 0 Å². The SMILES string of the molecule is CCCc1nc(=S)c(C)c(-c2sccc2C)[nH]1. The molecule has 0 radical (unpaired) electrons. The number of aromatic amines is 1. The van der Waals surface area contributed by atoms with E-state index in [-0.39, 0.29) is 0 Å². The number of hydrogen-bond donors (Lipinski definition) is 1. The number of nitrogens with one attached hydrogen (secondary N) is 1. The molecule has 0 saturated carbocycles. The van der Waals surface area contributed by atoms with E-state index in [4.69, 9.17) is 12.2 Å². The van der Waals surface area contributed by atoms with Gasteiger partial charge in [-0.25, -0.2) is 4.98 Å². The van der Waals surface area contributed by atoms with Crippen LogP contribution in [0.15, 0.2) is 11.4 Å². The topological polar surface area (TPSA) is 28.7 Å². The van der Waals surface area contributed by atoms with Crippen molar-refractivity contribution in [2.45, 2.75) is 33.6 Å². The highest BCUT2D eigenvalue weighted by atomic mass is 32.1. The summed E-state index contributed by atoms with van der Waals surface area (Å²) in [7, 11) is 0. The molecule has 2 aromatic rings. The molecule has 0 atom stereocenters. The van der Waals surface area contributed by atoms with Gasteiger partial charge in [0.15, 0.2) is 0 Å². The zero-order chi connectivity index (χ0) is 12.4. The van der Waals surface area contributed by atoms with Gasteiger partial charge in [0, 0.05) is 12.0 Å². The second-order valence-electron chi connectivity index (χ2n) is 4.17. The van der Waals surface area contributed by atoms with Gasteiger partial charge in [-0.2, -0.15) is 0 Å². The molecular weight excluding hydrogens is 248 g/mol. The van der Waals surface area contributed by atoms with Gasteiger partial charge in [0.2, 0.25) is 0 Å². The largest absolute Gasteiger partial charge is 0.342 e. The standard InChI is InChI=1S/C13H16N2S2/c1-4-5-10-14-11(9(3)13(16)15-10)12-8(2)6-7-17-12/h6-7H,4-5H2,1-3H3,(H,14,15,16). The van der Waals surface area contributed by atoms with E-state index in [2.05, 4.69) is 35.3 Å². The number of rotatable bonds is 3. The van der Waals surface area contributed by atoms with Gasteiger partial charge < -0.3 is 4.98 Å². The van der Waals surface area contributed by atoms with Crippen molar-refractivity contribution in [3.8, 4) is 10.6 Å². The molecule has 0 fully saturated rings. The summed E-state index contributed by atoms with van der Waals surface area (Å²) in [5, 5.41) is 2.11. The summed E-state index contributed by atoms with van der Waals surface area (Å²) in [6, 6.07) is 2.14. The first-order chi connectivity index (χ1) is 8.13. The van der Waals surface area contributed by atoms with Gasteiger partial charge in [0.05, 0.1) is 10.6 Å².